The lowest BCUT2D eigenvalue weighted by Crippen LogP contribution is -1.92. The van der Waals surface area contributed by atoms with E-state index in [4.69, 9.17) is 11.6 Å². The van der Waals surface area contributed by atoms with Crippen LogP contribution in [0, 0.1) is 0 Å². The molecule has 1 atom stereocenters. The van der Waals surface area contributed by atoms with Gasteiger partial charge in [-0.2, -0.15) is 0 Å². The number of nitrogens with zero attached hydrogens (tertiary/aromatic N) is 1. The Morgan fingerprint density at radius 1 is 0.867 bits per heavy atom. The van der Waals surface area contributed by atoms with E-state index in [0.29, 0.717) is 0 Å². The summed E-state index contributed by atoms with van der Waals surface area (Å²) in [6.07, 6.45) is 3.52. The Bertz CT molecular complexity index is 349. The standard InChI is InChI=1S/C12H10ClN.ClH/c13-12(10-4-2-1-3-5-10)11-6-8-14-9-7-11;/h1-9,12H;1H. The topological polar surface area (TPSA) is 12.9 Å². The van der Waals surface area contributed by atoms with Crippen LogP contribution in [-0.4, -0.2) is 4.98 Å². The molecule has 2 rings (SSSR count). The Labute approximate surface area is 101 Å². The molecular weight excluding hydrogens is 229 g/mol. The van der Waals surface area contributed by atoms with Crippen LogP contribution in [0.25, 0.3) is 0 Å². The van der Waals surface area contributed by atoms with Gasteiger partial charge in [0.25, 0.3) is 0 Å². The molecule has 78 valence electrons. The summed E-state index contributed by atoms with van der Waals surface area (Å²) in [5.41, 5.74) is 2.19. The molecule has 1 unspecified atom stereocenters. The van der Waals surface area contributed by atoms with Crippen LogP contribution in [0.1, 0.15) is 16.5 Å². The highest BCUT2D eigenvalue weighted by atomic mass is 35.5. The number of alkyl halides is 1. The molecule has 2 aromatic rings. The summed E-state index contributed by atoms with van der Waals surface area (Å²) in [5.74, 6) is 0. The lowest BCUT2D eigenvalue weighted by molar-refractivity contribution is 1.12. The molecule has 15 heavy (non-hydrogen) atoms. The minimum Gasteiger partial charge on any atom is -0.265 e. The molecule has 3 heteroatoms. The molecule has 0 N–H and O–H groups in total. The third-order valence-electron chi connectivity index (χ3n) is 2.09. The Morgan fingerprint density at radius 3 is 2.00 bits per heavy atom. The number of hydrogen-bond donors (Lipinski definition) is 0. The van der Waals surface area contributed by atoms with Crippen molar-refractivity contribution in [2.24, 2.45) is 0 Å². The third-order valence-corrected chi connectivity index (χ3v) is 2.59. The van der Waals surface area contributed by atoms with Gasteiger partial charge in [0.15, 0.2) is 0 Å². The van der Waals surface area contributed by atoms with E-state index in [9.17, 15) is 0 Å². The van der Waals surface area contributed by atoms with Gasteiger partial charge >= 0.3 is 0 Å². The van der Waals surface area contributed by atoms with Gasteiger partial charge in [-0.25, -0.2) is 0 Å². The van der Waals surface area contributed by atoms with Crippen LogP contribution in [0.5, 0.6) is 0 Å². The number of benzene rings is 1. The second kappa shape index (κ2) is 5.74. The molecule has 0 amide bonds. The van der Waals surface area contributed by atoms with Crippen LogP contribution < -0.4 is 0 Å². The lowest BCUT2D eigenvalue weighted by Gasteiger charge is -2.08. The van der Waals surface area contributed by atoms with Crippen LogP contribution in [-0.2, 0) is 0 Å². The molecule has 1 heterocycles. The highest BCUT2D eigenvalue weighted by Gasteiger charge is 2.08. The van der Waals surface area contributed by atoms with Crippen LogP contribution in [0.2, 0.25) is 0 Å². The van der Waals surface area contributed by atoms with Gasteiger partial charge in [0.05, 0.1) is 5.38 Å². The zero-order valence-electron chi connectivity index (χ0n) is 8.01. The lowest BCUT2D eigenvalue weighted by atomic mass is 10.1. The summed E-state index contributed by atoms with van der Waals surface area (Å²) in [5, 5.41) is -0.0841. The molecule has 1 aromatic heterocycles. The first-order valence-corrected chi connectivity index (χ1v) is 4.90. The van der Waals surface area contributed by atoms with Crippen molar-refractivity contribution in [1.82, 2.24) is 4.98 Å². The molecule has 0 radical (unpaired) electrons. The Kier molecular flexibility index (Phi) is 4.60. The van der Waals surface area contributed by atoms with Gasteiger partial charge in [0, 0.05) is 12.4 Å². The molecule has 0 aliphatic rings. The van der Waals surface area contributed by atoms with Crippen molar-refractivity contribution in [1.29, 1.82) is 0 Å². The second-order valence-corrected chi connectivity index (χ2v) is 3.49. The maximum Gasteiger partial charge on any atom is 0.0836 e. The van der Waals surface area contributed by atoms with E-state index in [1.807, 2.05) is 42.5 Å². The minimum atomic E-state index is -0.0841. The molecule has 0 bridgehead atoms. The Morgan fingerprint density at radius 2 is 1.40 bits per heavy atom. The number of aromatic nitrogens is 1. The summed E-state index contributed by atoms with van der Waals surface area (Å²) in [4.78, 5) is 3.96. The summed E-state index contributed by atoms with van der Waals surface area (Å²) in [7, 11) is 0. The van der Waals surface area contributed by atoms with E-state index in [2.05, 4.69) is 4.98 Å². The quantitative estimate of drug-likeness (QED) is 0.727. The molecule has 0 spiro atoms. The normalized spacial score (nSPS) is 11.5. The van der Waals surface area contributed by atoms with Crippen molar-refractivity contribution in [2.75, 3.05) is 0 Å². The third kappa shape index (κ3) is 2.95. The Hall–Kier alpha value is -1.05. The summed E-state index contributed by atoms with van der Waals surface area (Å²) in [6.45, 7) is 0. The molecule has 0 aliphatic carbocycles. The van der Waals surface area contributed by atoms with E-state index in [0.717, 1.165) is 11.1 Å². The van der Waals surface area contributed by atoms with Gasteiger partial charge in [-0.15, -0.1) is 24.0 Å². The predicted molar refractivity (Wildman–Crippen MR) is 65.6 cm³/mol. The number of rotatable bonds is 2. The van der Waals surface area contributed by atoms with Crippen molar-refractivity contribution in [3.63, 3.8) is 0 Å². The number of halogens is 2. The minimum absolute atomic E-state index is 0. The van der Waals surface area contributed by atoms with E-state index in [1.54, 1.807) is 12.4 Å². The maximum atomic E-state index is 6.30. The molecule has 0 fully saturated rings. The van der Waals surface area contributed by atoms with Crippen LogP contribution in [0.4, 0.5) is 0 Å². The number of hydrogen-bond acceptors (Lipinski definition) is 1. The molecule has 0 aliphatic heterocycles. The molecular formula is C12H11Cl2N. The van der Waals surface area contributed by atoms with E-state index >= 15 is 0 Å². The SMILES string of the molecule is Cl.ClC(c1ccccc1)c1ccncc1. The zero-order chi connectivity index (χ0) is 9.80. The van der Waals surface area contributed by atoms with Gasteiger partial charge in [-0.1, -0.05) is 30.3 Å². The fraction of sp³-hybridized carbons (Fsp3) is 0.0833. The highest BCUT2D eigenvalue weighted by Crippen LogP contribution is 2.27. The summed E-state index contributed by atoms with van der Waals surface area (Å²) in [6, 6.07) is 13.9. The highest BCUT2D eigenvalue weighted by molar-refractivity contribution is 6.22. The van der Waals surface area contributed by atoms with Crippen molar-refractivity contribution in [3.8, 4) is 0 Å². The molecule has 0 saturated carbocycles. The second-order valence-electron chi connectivity index (χ2n) is 3.05. The van der Waals surface area contributed by atoms with E-state index in [1.165, 1.54) is 0 Å². The smallest absolute Gasteiger partial charge is 0.0836 e. The first-order chi connectivity index (χ1) is 6.88. The first kappa shape index (κ1) is 12.0. The van der Waals surface area contributed by atoms with Gasteiger partial charge in [0.1, 0.15) is 0 Å². The fourth-order valence-corrected chi connectivity index (χ4v) is 1.64. The van der Waals surface area contributed by atoms with Gasteiger partial charge in [0.2, 0.25) is 0 Å². The molecule has 0 saturated heterocycles. The largest absolute Gasteiger partial charge is 0.265 e. The summed E-state index contributed by atoms with van der Waals surface area (Å²) < 4.78 is 0. The fourth-order valence-electron chi connectivity index (χ4n) is 1.35. The monoisotopic (exact) mass is 239 g/mol. The van der Waals surface area contributed by atoms with E-state index < -0.39 is 0 Å². The van der Waals surface area contributed by atoms with Crippen LogP contribution in [0.15, 0.2) is 54.9 Å². The van der Waals surface area contributed by atoms with Gasteiger partial charge in [-0.3, -0.25) is 4.98 Å². The average Bonchev–Trinajstić information content (AvgIpc) is 2.30. The number of pyridine rings is 1. The van der Waals surface area contributed by atoms with Crippen molar-refractivity contribution >= 4 is 24.0 Å². The molecule has 1 aromatic carbocycles. The van der Waals surface area contributed by atoms with Crippen molar-refractivity contribution in [2.45, 2.75) is 5.38 Å². The van der Waals surface area contributed by atoms with Gasteiger partial charge < -0.3 is 0 Å². The first-order valence-electron chi connectivity index (χ1n) is 4.47. The zero-order valence-corrected chi connectivity index (χ0v) is 9.58. The van der Waals surface area contributed by atoms with E-state index in [-0.39, 0.29) is 17.8 Å². The average molecular weight is 240 g/mol. The maximum absolute atomic E-state index is 6.30. The van der Waals surface area contributed by atoms with Crippen molar-refractivity contribution in [3.05, 3.63) is 66.0 Å². The van der Waals surface area contributed by atoms with Crippen LogP contribution in [0.3, 0.4) is 0 Å². The van der Waals surface area contributed by atoms with Crippen molar-refractivity contribution < 1.29 is 0 Å². The molecule has 1 nitrogen and oxygen atoms in total. The predicted octanol–water partition coefficient (Wildman–Crippen LogP) is 3.83. The Balaban J connectivity index is 0.00000112. The summed E-state index contributed by atoms with van der Waals surface area (Å²) >= 11 is 6.30. The van der Waals surface area contributed by atoms with Crippen LogP contribution >= 0.6 is 24.0 Å². The van der Waals surface area contributed by atoms with Gasteiger partial charge in [-0.05, 0) is 23.3 Å².